The zero-order valence-corrected chi connectivity index (χ0v) is 13.3. The van der Waals surface area contributed by atoms with Crippen LogP contribution >= 0.6 is 0 Å². The molecule has 0 saturated heterocycles. The van der Waals surface area contributed by atoms with Crippen LogP contribution in [0, 0.1) is 5.92 Å². The minimum atomic E-state index is -0.557. The lowest BCUT2D eigenvalue weighted by molar-refractivity contribution is -0.0559. The summed E-state index contributed by atoms with van der Waals surface area (Å²) in [5.41, 5.74) is 0.913. The number of hydrogen-bond acceptors (Lipinski definition) is 3. The molecule has 1 N–H and O–H groups in total. The molecule has 0 heterocycles. The number of aliphatic hydroxyl groups excluding tert-OH is 1. The highest BCUT2D eigenvalue weighted by Gasteiger charge is 2.30. The van der Waals surface area contributed by atoms with E-state index in [9.17, 15) is 5.11 Å². The Hall–Kier alpha value is -1.06. The molecule has 1 aromatic rings. The molecule has 2 atom stereocenters. The molecule has 2 unspecified atom stereocenters. The van der Waals surface area contributed by atoms with Crippen molar-refractivity contribution in [1.82, 2.24) is 0 Å². The van der Waals surface area contributed by atoms with Gasteiger partial charge >= 0.3 is 0 Å². The van der Waals surface area contributed by atoms with Crippen LogP contribution in [0.15, 0.2) is 24.3 Å². The molecular formula is C18H28O3. The monoisotopic (exact) mass is 292 g/mol. The average Bonchev–Trinajstić information content (AvgIpc) is 2.55. The van der Waals surface area contributed by atoms with Crippen molar-refractivity contribution in [1.29, 1.82) is 0 Å². The quantitative estimate of drug-likeness (QED) is 0.822. The Morgan fingerprint density at radius 1 is 1.14 bits per heavy atom. The maximum Gasteiger partial charge on any atom is 0.119 e. The van der Waals surface area contributed by atoms with Crippen LogP contribution in [0.5, 0.6) is 5.75 Å². The van der Waals surface area contributed by atoms with Crippen LogP contribution in [0.25, 0.3) is 0 Å². The normalized spacial score (nSPS) is 19.2. The van der Waals surface area contributed by atoms with E-state index >= 15 is 0 Å². The summed E-state index contributed by atoms with van der Waals surface area (Å²) in [5, 5.41) is 10.6. The molecule has 0 spiro atoms. The average molecular weight is 292 g/mol. The fourth-order valence-corrected chi connectivity index (χ4v) is 3.21. The van der Waals surface area contributed by atoms with E-state index in [-0.39, 0.29) is 6.10 Å². The van der Waals surface area contributed by atoms with Gasteiger partial charge in [-0.05, 0) is 42.9 Å². The molecule has 0 amide bonds. The highest BCUT2D eigenvalue weighted by atomic mass is 16.5. The first-order valence-corrected chi connectivity index (χ1v) is 8.20. The van der Waals surface area contributed by atoms with E-state index in [0.29, 0.717) is 5.92 Å². The Balaban J connectivity index is 2.00. The fraction of sp³-hybridized carbons (Fsp3) is 0.667. The van der Waals surface area contributed by atoms with Gasteiger partial charge in [-0.25, -0.2) is 0 Å². The number of benzene rings is 1. The van der Waals surface area contributed by atoms with E-state index in [1.165, 1.54) is 19.3 Å². The van der Waals surface area contributed by atoms with E-state index in [0.717, 1.165) is 37.2 Å². The number of rotatable bonds is 7. The first-order valence-electron chi connectivity index (χ1n) is 8.20. The van der Waals surface area contributed by atoms with Crippen LogP contribution in [0.1, 0.15) is 57.1 Å². The van der Waals surface area contributed by atoms with E-state index in [2.05, 4.69) is 6.92 Å². The lowest BCUT2D eigenvalue weighted by Gasteiger charge is -2.32. The standard InChI is InChI=1S/C18H28O3/c1-3-13-21-16-11-9-14(10-12-16)17(19)18(20-2)15-7-5-4-6-8-15/h9-12,15,17-19H,3-8,13H2,1-2H3. The van der Waals surface area contributed by atoms with Crippen molar-refractivity contribution < 1.29 is 14.6 Å². The summed E-state index contributed by atoms with van der Waals surface area (Å²) < 4.78 is 11.2. The zero-order valence-electron chi connectivity index (χ0n) is 13.3. The molecular weight excluding hydrogens is 264 g/mol. The molecule has 1 fully saturated rings. The topological polar surface area (TPSA) is 38.7 Å². The van der Waals surface area contributed by atoms with Crippen molar-refractivity contribution >= 4 is 0 Å². The molecule has 3 heteroatoms. The predicted octanol–water partition coefficient (Wildman–Crippen LogP) is 4.10. The van der Waals surface area contributed by atoms with Crippen molar-refractivity contribution in [3.05, 3.63) is 29.8 Å². The smallest absolute Gasteiger partial charge is 0.119 e. The third-order valence-corrected chi connectivity index (χ3v) is 4.39. The lowest BCUT2D eigenvalue weighted by atomic mass is 9.82. The number of ether oxygens (including phenoxy) is 2. The summed E-state index contributed by atoms with van der Waals surface area (Å²) in [6.45, 7) is 2.82. The summed E-state index contributed by atoms with van der Waals surface area (Å²) >= 11 is 0. The highest BCUT2D eigenvalue weighted by Crippen LogP contribution is 2.34. The van der Waals surface area contributed by atoms with Crippen molar-refractivity contribution in [2.75, 3.05) is 13.7 Å². The van der Waals surface area contributed by atoms with Crippen molar-refractivity contribution in [2.24, 2.45) is 5.92 Å². The van der Waals surface area contributed by atoms with Gasteiger partial charge in [0, 0.05) is 7.11 Å². The van der Waals surface area contributed by atoms with Crippen molar-refractivity contribution in [3.8, 4) is 5.75 Å². The second kappa shape index (κ2) is 8.40. The minimum Gasteiger partial charge on any atom is -0.494 e. The first-order chi connectivity index (χ1) is 10.3. The van der Waals surface area contributed by atoms with Gasteiger partial charge in [0.2, 0.25) is 0 Å². The van der Waals surface area contributed by atoms with Gasteiger partial charge in [-0.1, -0.05) is 38.3 Å². The largest absolute Gasteiger partial charge is 0.494 e. The molecule has 1 aliphatic carbocycles. The van der Waals surface area contributed by atoms with Gasteiger partial charge in [0.25, 0.3) is 0 Å². The molecule has 21 heavy (non-hydrogen) atoms. The molecule has 1 aromatic carbocycles. The highest BCUT2D eigenvalue weighted by molar-refractivity contribution is 5.29. The van der Waals surface area contributed by atoms with Gasteiger partial charge in [-0.2, -0.15) is 0 Å². The molecule has 0 aliphatic heterocycles. The SMILES string of the molecule is CCCOc1ccc(C(O)C(OC)C2CCCCC2)cc1. The molecule has 0 radical (unpaired) electrons. The van der Waals surface area contributed by atoms with Crippen molar-refractivity contribution in [3.63, 3.8) is 0 Å². The van der Waals surface area contributed by atoms with E-state index in [4.69, 9.17) is 9.47 Å². The van der Waals surface area contributed by atoms with Crippen LogP contribution in [-0.4, -0.2) is 24.9 Å². The summed E-state index contributed by atoms with van der Waals surface area (Å²) in [7, 11) is 1.71. The van der Waals surface area contributed by atoms with E-state index < -0.39 is 6.10 Å². The first kappa shape index (κ1) is 16.3. The van der Waals surface area contributed by atoms with Gasteiger partial charge in [0.15, 0.2) is 0 Å². The molecule has 1 saturated carbocycles. The number of methoxy groups -OCH3 is 1. The summed E-state index contributed by atoms with van der Waals surface area (Å²) in [4.78, 5) is 0. The Bertz CT molecular complexity index is 395. The zero-order chi connectivity index (χ0) is 15.1. The third-order valence-electron chi connectivity index (χ3n) is 4.39. The maximum absolute atomic E-state index is 10.6. The van der Waals surface area contributed by atoms with Crippen LogP contribution < -0.4 is 4.74 Å². The van der Waals surface area contributed by atoms with Crippen molar-refractivity contribution in [2.45, 2.75) is 57.7 Å². The van der Waals surface area contributed by atoms with Gasteiger partial charge < -0.3 is 14.6 Å². The molecule has 118 valence electrons. The Labute approximate surface area is 128 Å². The number of hydrogen-bond donors (Lipinski definition) is 1. The predicted molar refractivity (Wildman–Crippen MR) is 84.6 cm³/mol. The molecule has 0 bridgehead atoms. The summed E-state index contributed by atoms with van der Waals surface area (Å²) in [6, 6.07) is 7.76. The van der Waals surface area contributed by atoms with Crippen LogP contribution in [-0.2, 0) is 4.74 Å². The maximum atomic E-state index is 10.6. The molecule has 1 aliphatic rings. The molecule has 3 nitrogen and oxygen atoms in total. The third kappa shape index (κ3) is 4.45. The van der Waals surface area contributed by atoms with Crippen LogP contribution in [0.2, 0.25) is 0 Å². The second-order valence-corrected chi connectivity index (χ2v) is 5.96. The van der Waals surface area contributed by atoms with Gasteiger partial charge in [0.1, 0.15) is 11.9 Å². The van der Waals surface area contributed by atoms with E-state index in [1.807, 2.05) is 24.3 Å². The van der Waals surface area contributed by atoms with Gasteiger partial charge in [-0.3, -0.25) is 0 Å². The van der Waals surface area contributed by atoms with E-state index in [1.54, 1.807) is 7.11 Å². The molecule has 2 rings (SSSR count). The Kier molecular flexibility index (Phi) is 6.52. The summed E-state index contributed by atoms with van der Waals surface area (Å²) in [5.74, 6) is 1.33. The summed E-state index contributed by atoms with van der Waals surface area (Å²) in [6.07, 6.45) is 6.47. The Morgan fingerprint density at radius 2 is 1.81 bits per heavy atom. The fourth-order valence-electron chi connectivity index (χ4n) is 3.21. The Morgan fingerprint density at radius 3 is 2.38 bits per heavy atom. The van der Waals surface area contributed by atoms with Crippen LogP contribution in [0.3, 0.4) is 0 Å². The second-order valence-electron chi connectivity index (χ2n) is 5.96. The van der Waals surface area contributed by atoms with Crippen LogP contribution in [0.4, 0.5) is 0 Å². The van der Waals surface area contributed by atoms with Gasteiger partial charge in [0.05, 0.1) is 12.7 Å². The molecule has 0 aromatic heterocycles. The lowest BCUT2D eigenvalue weighted by Crippen LogP contribution is -2.31. The number of aliphatic hydroxyl groups is 1. The van der Waals surface area contributed by atoms with Gasteiger partial charge in [-0.15, -0.1) is 0 Å². The minimum absolute atomic E-state index is 0.104.